The third-order valence-electron chi connectivity index (χ3n) is 2.13. The molecule has 1 heterocycles. The van der Waals surface area contributed by atoms with Crippen LogP contribution < -0.4 is 4.74 Å². The predicted octanol–water partition coefficient (Wildman–Crippen LogP) is 2.57. The predicted molar refractivity (Wildman–Crippen MR) is 59.3 cm³/mol. The molecular formula is C12H14N2O2. The first kappa shape index (κ1) is 10.7. The van der Waals surface area contributed by atoms with Crippen LogP contribution in [0.5, 0.6) is 5.75 Å². The molecule has 0 fully saturated rings. The number of hydrogen-bond donors (Lipinski definition) is 0. The van der Waals surface area contributed by atoms with Crippen molar-refractivity contribution in [1.29, 1.82) is 0 Å². The monoisotopic (exact) mass is 218 g/mol. The molecular weight excluding hydrogens is 204 g/mol. The molecule has 1 aromatic carbocycles. The lowest BCUT2D eigenvalue weighted by Gasteiger charge is -2.05. The van der Waals surface area contributed by atoms with Crippen LogP contribution in [0.15, 0.2) is 22.7 Å². The highest BCUT2D eigenvalue weighted by Gasteiger charge is 2.04. The molecule has 2 rings (SSSR count). The van der Waals surface area contributed by atoms with Gasteiger partial charge < -0.3 is 9.26 Å². The van der Waals surface area contributed by atoms with Gasteiger partial charge in [0.1, 0.15) is 5.75 Å². The summed E-state index contributed by atoms with van der Waals surface area (Å²) in [7, 11) is 0. The third kappa shape index (κ3) is 2.59. The van der Waals surface area contributed by atoms with Crippen molar-refractivity contribution in [3.8, 4) is 5.75 Å². The average Bonchev–Trinajstić information content (AvgIpc) is 2.60. The fraction of sp³-hybridized carbons (Fsp3) is 0.333. The molecule has 16 heavy (non-hydrogen) atoms. The molecule has 0 unspecified atom stereocenters. The molecule has 2 aromatic rings. The van der Waals surface area contributed by atoms with E-state index in [1.807, 2.05) is 26.0 Å². The zero-order valence-corrected chi connectivity index (χ0v) is 9.65. The summed E-state index contributed by atoms with van der Waals surface area (Å²) in [6.07, 6.45) is 0. The summed E-state index contributed by atoms with van der Waals surface area (Å²) in [5.41, 5.74) is 2.36. The van der Waals surface area contributed by atoms with Crippen molar-refractivity contribution < 1.29 is 9.26 Å². The van der Waals surface area contributed by atoms with Crippen LogP contribution in [-0.2, 0) is 6.61 Å². The highest BCUT2D eigenvalue weighted by Crippen LogP contribution is 2.17. The quantitative estimate of drug-likeness (QED) is 0.794. The molecule has 0 radical (unpaired) electrons. The van der Waals surface area contributed by atoms with E-state index in [2.05, 4.69) is 16.2 Å². The molecule has 0 spiro atoms. The molecule has 4 nitrogen and oxygen atoms in total. The van der Waals surface area contributed by atoms with Crippen molar-refractivity contribution in [3.63, 3.8) is 0 Å². The molecule has 0 aliphatic heterocycles. The Morgan fingerprint density at radius 3 is 2.38 bits per heavy atom. The molecule has 0 bridgehead atoms. The summed E-state index contributed by atoms with van der Waals surface area (Å²) in [6.45, 7) is 6.17. The van der Waals surface area contributed by atoms with Crippen molar-refractivity contribution in [2.24, 2.45) is 0 Å². The summed E-state index contributed by atoms with van der Waals surface area (Å²) in [5, 5.41) is 3.70. The first-order valence-electron chi connectivity index (χ1n) is 5.14. The van der Waals surface area contributed by atoms with Crippen LogP contribution in [0, 0.1) is 20.8 Å². The number of aromatic nitrogens is 2. The van der Waals surface area contributed by atoms with Crippen LogP contribution in [0.1, 0.15) is 22.8 Å². The van der Waals surface area contributed by atoms with Crippen molar-refractivity contribution in [2.45, 2.75) is 27.4 Å². The first-order chi connectivity index (χ1) is 7.63. The molecule has 0 atom stereocenters. The van der Waals surface area contributed by atoms with E-state index < -0.39 is 0 Å². The summed E-state index contributed by atoms with van der Waals surface area (Å²) < 4.78 is 10.5. The molecule has 0 aliphatic carbocycles. The number of aryl methyl sites for hydroxylation is 3. The fourth-order valence-corrected chi connectivity index (χ4v) is 1.56. The second-order valence-electron chi connectivity index (χ2n) is 3.85. The first-order valence-corrected chi connectivity index (χ1v) is 5.14. The zero-order valence-electron chi connectivity index (χ0n) is 9.65. The SMILES string of the molecule is Cc1cc(C)cc(OCc2nc(C)no2)c1. The fourth-order valence-electron chi connectivity index (χ4n) is 1.56. The van der Waals surface area contributed by atoms with Crippen LogP contribution >= 0.6 is 0 Å². The maximum absolute atomic E-state index is 5.57. The lowest BCUT2D eigenvalue weighted by molar-refractivity contribution is 0.242. The number of nitrogens with zero attached hydrogens (tertiary/aromatic N) is 2. The molecule has 0 amide bonds. The van der Waals surface area contributed by atoms with Gasteiger partial charge in [0, 0.05) is 0 Å². The van der Waals surface area contributed by atoms with Crippen LogP contribution in [0.3, 0.4) is 0 Å². The van der Waals surface area contributed by atoms with E-state index >= 15 is 0 Å². The Morgan fingerprint density at radius 2 is 1.81 bits per heavy atom. The maximum Gasteiger partial charge on any atom is 0.264 e. The highest BCUT2D eigenvalue weighted by atomic mass is 16.5. The summed E-state index contributed by atoms with van der Waals surface area (Å²) >= 11 is 0. The smallest absolute Gasteiger partial charge is 0.264 e. The average molecular weight is 218 g/mol. The minimum absolute atomic E-state index is 0.309. The van der Waals surface area contributed by atoms with E-state index in [0.717, 1.165) is 5.75 Å². The molecule has 1 aromatic heterocycles. The van der Waals surface area contributed by atoms with Gasteiger partial charge in [0.25, 0.3) is 5.89 Å². The maximum atomic E-state index is 5.57. The normalized spacial score (nSPS) is 10.4. The van der Waals surface area contributed by atoms with Gasteiger partial charge in [0.15, 0.2) is 12.4 Å². The van der Waals surface area contributed by atoms with E-state index in [1.54, 1.807) is 6.92 Å². The minimum atomic E-state index is 0.309. The van der Waals surface area contributed by atoms with E-state index in [-0.39, 0.29) is 0 Å². The Labute approximate surface area is 94.2 Å². The van der Waals surface area contributed by atoms with E-state index in [9.17, 15) is 0 Å². The number of hydrogen-bond acceptors (Lipinski definition) is 4. The van der Waals surface area contributed by atoms with E-state index in [1.165, 1.54) is 11.1 Å². The van der Waals surface area contributed by atoms with E-state index in [4.69, 9.17) is 9.26 Å². The second kappa shape index (κ2) is 4.35. The summed E-state index contributed by atoms with van der Waals surface area (Å²) in [6, 6.07) is 6.07. The Bertz CT molecular complexity index is 471. The van der Waals surface area contributed by atoms with Crippen molar-refractivity contribution >= 4 is 0 Å². The standard InChI is InChI=1S/C12H14N2O2/c1-8-4-9(2)6-11(5-8)15-7-12-13-10(3)14-16-12/h4-6H,7H2,1-3H3. The van der Waals surface area contributed by atoms with Crippen molar-refractivity contribution in [2.75, 3.05) is 0 Å². The Kier molecular flexibility index (Phi) is 2.90. The molecule has 84 valence electrons. The van der Waals surface area contributed by atoms with Gasteiger partial charge in [0.05, 0.1) is 0 Å². The molecule has 0 N–H and O–H groups in total. The van der Waals surface area contributed by atoms with Crippen LogP contribution in [-0.4, -0.2) is 10.1 Å². The van der Waals surface area contributed by atoms with Crippen molar-refractivity contribution in [3.05, 3.63) is 41.0 Å². The minimum Gasteiger partial charge on any atom is -0.484 e. The summed E-state index contributed by atoms with van der Waals surface area (Å²) in [5.74, 6) is 1.95. The third-order valence-corrected chi connectivity index (χ3v) is 2.13. The molecule has 0 saturated heterocycles. The molecule has 0 saturated carbocycles. The lowest BCUT2D eigenvalue weighted by atomic mass is 10.1. The molecule has 4 heteroatoms. The van der Waals surface area contributed by atoms with Crippen LogP contribution in [0.25, 0.3) is 0 Å². The van der Waals surface area contributed by atoms with Gasteiger partial charge in [-0.05, 0) is 44.0 Å². The highest BCUT2D eigenvalue weighted by molar-refractivity contribution is 5.32. The summed E-state index contributed by atoms with van der Waals surface area (Å²) in [4.78, 5) is 4.07. The largest absolute Gasteiger partial charge is 0.484 e. The van der Waals surface area contributed by atoms with Gasteiger partial charge >= 0.3 is 0 Å². The topological polar surface area (TPSA) is 48.2 Å². The number of benzene rings is 1. The number of rotatable bonds is 3. The van der Waals surface area contributed by atoms with Gasteiger partial charge in [-0.3, -0.25) is 0 Å². The Hall–Kier alpha value is -1.84. The van der Waals surface area contributed by atoms with Crippen molar-refractivity contribution in [1.82, 2.24) is 10.1 Å². The Morgan fingerprint density at radius 1 is 1.12 bits per heavy atom. The number of ether oxygens (including phenoxy) is 1. The molecule has 0 aliphatic rings. The van der Waals surface area contributed by atoms with E-state index in [0.29, 0.717) is 18.3 Å². The van der Waals surface area contributed by atoms with Gasteiger partial charge in [0.2, 0.25) is 0 Å². The van der Waals surface area contributed by atoms with Crippen LogP contribution in [0.4, 0.5) is 0 Å². The lowest BCUT2D eigenvalue weighted by Crippen LogP contribution is -1.96. The second-order valence-corrected chi connectivity index (χ2v) is 3.85. The zero-order chi connectivity index (χ0) is 11.5. The van der Waals surface area contributed by atoms with Crippen LogP contribution in [0.2, 0.25) is 0 Å². The van der Waals surface area contributed by atoms with Gasteiger partial charge in [-0.2, -0.15) is 4.98 Å². The van der Waals surface area contributed by atoms with Gasteiger partial charge in [-0.25, -0.2) is 0 Å². The Balaban J connectivity index is 2.04. The van der Waals surface area contributed by atoms with Gasteiger partial charge in [-0.15, -0.1) is 0 Å². The van der Waals surface area contributed by atoms with Gasteiger partial charge in [-0.1, -0.05) is 11.2 Å².